The summed E-state index contributed by atoms with van der Waals surface area (Å²) in [4.78, 5) is 30.1. The lowest BCUT2D eigenvalue weighted by Crippen LogP contribution is -2.19. The molecule has 2 N–H and O–H groups in total. The molecule has 0 spiro atoms. The van der Waals surface area contributed by atoms with Gasteiger partial charge in [-0.3, -0.25) is 19.7 Å². The molecule has 2 aliphatic rings. The molecule has 0 saturated carbocycles. The average molecular weight is 180 g/mol. The van der Waals surface area contributed by atoms with Crippen molar-refractivity contribution in [3.63, 3.8) is 0 Å². The molecule has 3 amide bonds. The maximum atomic E-state index is 10.0. The van der Waals surface area contributed by atoms with Crippen molar-refractivity contribution in [2.75, 3.05) is 6.54 Å². The molecule has 0 bridgehead atoms. The topological polar surface area (TPSA) is 75.3 Å². The molecule has 0 fully saturated rings. The Kier molecular flexibility index (Phi) is 2.97. The zero-order valence-corrected chi connectivity index (χ0v) is 6.74. The van der Waals surface area contributed by atoms with E-state index in [9.17, 15) is 14.4 Å². The fraction of sp³-hybridized carbons (Fsp3) is 0.125. The van der Waals surface area contributed by atoms with Crippen LogP contribution in [0.1, 0.15) is 0 Å². The monoisotopic (exact) mass is 180 g/mol. The first kappa shape index (κ1) is 9.18. The molecule has 0 unspecified atom stereocenters. The number of hydrogen-bond acceptors (Lipinski definition) is 3. The first-order chi connectivity index (χ1) is 6.18. The van der Waals surface area contributed by atoms with Crippen molar-refractivity contribution in [3.8, 4) is 0 Å². The summed E-state index contributed by atoms with van der Waals surface area (Å²) in [5.74, 6) is -0.634. The first-order valence-corrected chi connectivity index (χ1v) is 3.66. The summed E-state index contributed by atoms with van der Waals surface area (Å²) in [6, 6.07) is 0. The van der Waals surface area contributed by atoms with E-state index in [2.05, 4.69) is 5.32 Å². The molecule has 0 aromatic carbocycles. The van der Waals surface area contributed by atoms with Gasteiger partial charge in [-0.15, -0.1) is 0 Å². The molecule has 0 radical (unpaired) electrons. The SMILES string of the molecule is O=C1C=CC(=O)N1.O=C1C=CCN1. The molecular formula is C8H8N2O3. The third-order valence-electron chi connectivity index (χ3n) is 1.30. The van der Waals surface area contributed by atoms with Crippen LogP contribution >= 0.6 is 0 Å². The summed E-state index contributed by atoms with van der Waals surface area (Å²) in [5.41, 5.74) is 0. The molecule has 2 rings (SSSR count). The second-order valence-corrected chi connectivity index (χ2v) is 2.33. The number of rotatable bonds is 0. The molecule has 0 atom stereocenters. The number of carbonyl (C=O) groups is 3. The van der Waals surface area contributed by atoms with E-state index < -0.39 is 0 Å². The molecule has 13 heavy (non-hydrogen) atoms. The number of carbonyl (C=O) groups excluding carboxylic acids is 3. The van der Waals surface area contributed by atoms with Crippen molar-refractivity contribution in [3.05, 3.63) is 24.3 Å². The van der Waals surface area contributed by atoms with Crippen LogP contribution in [0.15, 0.2) is 24.3 Å². The van der Waals surface area contributed by atoms with E-state index in [1.54, 1.807) is 6.08 Å². The normalized spacial score (nSPS) is 18.0. The summed E-state index contributed by atoms with van der Waals surface area (Å²) in [7, 11) is 0. The highest BCUT2D eigenvalue weighted by atomic mass is 16.2. The van der Waals surface area contributed by atoms with E-state index in [-0.39, 0.29) is 17.7 Å². The molecule has 0 saturated heterocycles. The van der Waals surface area contributed by atoms with E-state index in [4.69, 9.17) is 0 Å². The molecule has 5 heteroatoms. The fourth-order valence-corrected chi connectivity index (χ4v) is 0.741. The van der Waals surface area contributed by atoms with Crippen molar-refractivity contribution in [1.29, 1.82) is 0 Å². The van der Waals surface area contributed by atoms with E-state index in [0.717, 1.165) is 0 Å². The van der Waals surface area contributed by atoms with E-state index in [1.807, 2.05) is 5.32 Å². The van der Waals surface area contributed by atoms with E-state index in [0.29, 0.717) is 6.54 Å². The van der Waals surface area contributed by atoms with Crippen LogP contribution in [0.25, 0.3) is 0 Å². The Labute approximate surface area is 74.5 Å². The van der Waals surface area contributed by atoms with E-state index in [1.165, 1.54) is 18.2 Å². The van der Waals surface area contributed by atoms with Crippen LogP contribution in [0, 0.1) is 0 Å². The molecule has 2 aliphatic heterocycles. The lowest BCUT2D eigenvalue weighted by Gasteiger charge is -1.80. The number of amides is 3. The summed E-state index contributed by atoms with van der Waals surface area (Å²) in [5, 5.41) is 4.60. The summed E-state index contributed by atoms with van der Waals surface area (Å²) < 4.78 is 0. The lowest BCUT2D eigenvalue weighted by molar-refractivity contribution is -0.123. The third-order valence-corrected chi connectivity index (χ3v) is 1.30. The Morgan fingerprint density at radius 2 is 1.54 bits per heavy atom. The summed E-state index contributed by atoms with van der Waals surface area (Å²) >= 11 is 0. The van der Waals surface area contributed by atoms with Gasteiger partial charge in [-0.25, -0.2) is 0 Å². The van der Waals surface area contributed by atoms with Crippen LogP contribution in [0.2, 0.25) is 0 Å². The third kappa shape index (κ3) is 3.33. The summed E-state index contributed by atoms with van der Waals surface area (Å²) in [6.45, 7) is 0.707. The zero-order chi connectivity index (χ0) is 9.68. The first-order valence-electron chi connectivity index (χ1n) is 3.66. The van der Waals surface area contributed by atoms with Crippen molar-refractivity contribution >= 4 is 17.7 Å². The lowest BCUT2D eigenvalue weighted by atomic mass is 10.6. The van der Waals surface area contributed by atoms with Crippen molar-refractivity contribution in [1.82, 2.24) is 10.6 Å². The van der Waals surface area contributed by atoms with Crippen LogP contribution in [0.3, 0.4) is 0 Å². The smallest absolute Gasteiger partial charge is 0.250 e. The Hall–Kier alpha value is -1.91. The molecule has 0 aliphatic carbocycles. The van der Waals surface area contributed by atoms with Gasteiger partial charge in [0.05, 0.1) is 0 Å². The van der Waals surface area contributed by atoms with Crippen molar-refractivity contribution < 1.29 is 14.4 Å². The number of imide groups is 1. The predicted octanol–water partition coefficient (Wildman–Crippen LogP) is -1.13. The molecular weight excluding hydrogens is 172 g/mol. The van der Waals surface area contributed by atoms with Gasteiger partial charge in [0.1, 0.15) is 0 Å². The quantitative estimate of drug-likeness (QED) is 0.463. The molecule has 0 aromatic heterocycles. The van der Waals surface area contributed by atoms with Crippen molar-refractivity contribution in [2.24, 2.45) is 0 Å². The maximum absolute atomic E-state index is 10.0. The van der Waals surface area contributed by atoms with Gasteiger partial charge in [0.15, 0.2) is 0 Å². The standard InChI is InChI=1S/C4H3NO2.C4H5NO/c6-3-1-2-4(7)5-3;6-4-2-1-3-5-4/h1-2H,(H,5,6,7);1-2H,3H2,(H,5,6). The fourth-order valence-electron chi connectivity index (χ4n) is 0.741. The molecule has 0 aromatic rings. The minimum absolute atomic E-state index is 0.0231. The van der Waals surface area contributed by atoms with E-state index >= 15 is 0 Å². The van der Waals surface area contributed by atoms with Crippen LogP contribution in [-0.4, -0.2) is 24.3 Å². The Morgan fingerprint density at radius 3 is 1.69 bits per heavy atom. The van der Waals surface area contributed by atoms with Gasteiger partial charge < -0.3 is 5.32 Å². The second-order valence-electron chi connectivity index (χ2n) is 2.33. The number of nitrogens with one attached hydrogen (secondary N) is 2. The van der Waals surface area contributed by atoms with Gasteiger partial charge in [0.2, 0.25) is 5.91 Å². The van der Waals surface area contributed by atoms with Gasteiger partial charge >= 0.3 is 0 Å². The van der Waals surface area contributed by atoms with Gasteiger partial charge in [0.25, 0.3) is 11.8 Å². The van der Waals surface area contributed by atoms with Gasteiger partial charge in [0, 0.05) is 24.8 Å². The highest BCUT2D eigenvalue weighted by molar-refractivity contribution is 6.12. The summed E-state index contributed by atoms with van der Waals surface area (Å²) in [6.07, 6.45) is 5.72. The molecule has 68 valence electrons. The number of hydrogen-bond donors (Lipinski definition) is 2. The molecule has 2 heterocycles. The van der Waals surface area contributed by atoms with Crippen LogP contribution in [-0.2, 0) is 14.4 Å². The minimum atomic E-state index is -0.329. The Morgan fingerprint density at radius 1 is 0.923 bits per heavy atom. The highest BCUT2D eigenvalue weighted by Gasteiger charge is 2.06. The second kappa shape index (κ2) is 4.20. The zero-order valence-electron chi connectivity index (χ0n) is 6.74. The average Bonchev–Trinajstić information content (AvgIpc) is 2.64. The van der Waals surface area contributed by atoms with Crippen molar-refractivity contribution in [2.45, 2.75) is 0 Å². The minimum Gasteiger partial charge on any atom is -0.349 e. The largest absolute Gasteiger partial charge is 0.349 e. The van der Waals surface area contributed by atoms with Gasteiger partial charge in [-0.2, -0.15) is 0 Å². The highest BCUT2D eigenvalue weighted by Crippen LogP contribution is 1.82. The van der Waals surface area contributed by atoms with Crippen LogP contribution in [0.5, 0.6) is 0 Å². The maximum Gasteiger partial charge on any atom is 0.250 e. The van der Waals surface area contributed by atoms with Gasteiger partial charge in [-0.1, -0.05) is 6.08 Å². The van der Waals surface area contributed by atoms with Gasteiger partial charge in [-0.05, 0) is 0 Å². The Balaban J connectivity index is 0.000000132. The van der Waals surface area contributed by atoms with Crippen LogP contribution in [0.4, 0.5) is 0 Å². The van der Waals surface area contributed by atoms with Crippen LogP contribution < -0.4 is 10.6 Å². The molecule has 5 nitrogen and oxygen atoms in total. The predicted molar refractivity (Wildman–Crippen MR) is 44.4 cm³/mol. The Bertz CT molecular complexity index is 289.